The second-order valence-electron chi connectivity index (χ2n) is 3.32. The Hall–Kier alpha value is -1.13. The fourth-order valence-electron chi connectivity index (χ4n) is 1.31. The van der Waals surface area contributed by atoms with Gasteiger partial charge in [0.05, 0.1) is 5.02 Å². The van der Waals surface area contributed by atoms with Crippen LogP contribution >= 0.6 is 35.6 Å². The minimum atomic E-state index is 0. The number of hydrogen-bond acceptors (Lipinski definition) is 3. The molecule has 0 bridgehead atoms. The number of rotatable bonds is 3. The minimum absolute atomic E-state index is 0. The summed E-state index contributed by atoms with van der Waals surface area (Å²) in [7, 11) is 0. The van der Waals surface area contributed by atoms with Crippen molar-refractivity contribution in [1.29, 1.82) is 0 Å². The van der Waals surface area contributed by atoms with Crippen LogP contribution < -0.4 is 16.0 Å². The van der Waals surface area contributed by atoms with E-state index in [1.165, 1.54) is 0 Å². The molecule has 0 heterocycles. The van der Waals surface area contributed by atoms with Crippen LogP contribution in [-0.2, 0) is 0 Å². The molecule has 2 aromatic rings. The summed E-state index contributed by atoms with van der Waals surface area (Å²) in [5.74, 6) is 6.45. The second-order valence-corrected chi connectivity index (χ2v) is 4.11. The van der Waals surface area contributed by atoms with E-state index in [1.54, 1.807) is 42.5 Å². The number of hydrazine groups is 1. The van der Waals surface area contributed by atoms with Crippen molar-refractivity contribution >= 4 is 41.3 Å². The van der Waals surface area contributed by atoms with Crippen LogP contribution in [0.5, 0.6) is 11.5 Å². The monoisotopic (exact) mass is 304 g/mol. The Bertz CT molecular complexity index is 517. The smallest absolute Gasteiger partial charge is 0.147 e. The molecule has 0 amide bonds. The van der Waals surface area contributed by atoms with E-state index in [4.69, 9.17) is 33.8 Å². The van der Waals surface area contributed by atoms with Gasteiger partial charge >= 0.3 is 0 Å². The van der Waals surface area contributed by atoms with Crippen LogP contribution in [0, 0.1) is 0 Å². The highest BCUT2D eigenvalue weighted by Crippen LogP contribution is 2.34. The molecule has 0 atom stereocenters. The van der Waals surface area contributed by atoms with Gasteiger partial charge in [-0.15, -0.1) is 12.4 Å². The summed E-state index contributed by atoms with van der Waals surface area (Å²) in [5.41, 5.74) is 3.34. The minimum Gasteiger partial charge on any atom is -0.456 e. The summed E-state index contributed by atoms with van der Waals surface area (Å²) in [5, 5.41) is 0.861. The zero-order valence-electron chi connectivity index (χ0n) is 9.19. The lowest BCUT2D eigenvalue weighted by atomic mass is 10.3. The Morgan fingerprint density at radius 1 is 1.00 bits per heavy atom. The topological polar surface area (TPSA) is 47.3 Å². The molecule has 0 fully saturated rings. The first kappa shape index (κ1) is 14.9. The molecule has 0 aliphatic heterocycles. The number of anilines is 1. The Kier molecular flexibility index (Phi) is 5.56. The van der Waals surface area contributed by atoms with Gasteiger partial charge in [0, 0.05) is 5.69 Å². The van der Waals surface area contributed by atoms with E-state index in [9.17, 15) is 0 Å². The molecular formula is C12H11Cl3N2O. The first-order valence-electron chi connectivity index (χ1n) is 4.89. The lowest BCUT2D eigenvalue weighted by Crippen LogP contribution is -2.05. The quantitative estimate of drug-likeness (QED) is 0.648. The van der Waals surface area contributed by atoms with Gasteiger partial charge in [-0.3, -0.25) is 5.84 Å². The summed E-state index contributed by atoms with van der Waals surface area (Å²) in [4.78, 5) is 0. The molecule has 3 N–H and O–H groups in total. The largest absolute Gasteiger partial charge is 0.456 e. The zero-order valence-corrected chi connectivity index (χ0v) is 11.5. The average Bonchev–Trinajstić information content (AvgIpc) is 2.36. The van der Waals surface area contributed by atoms with E-state index in [0.29, 0.717) is 21.5 Å². The molecule has 0 aliphatic carbocycles. The summed E-state index contributed by atoms with van der Waals surface area (Å²) < 4.78 is 5.60. The van der Waals surface area contributed by atoms with E-state index in [0.717, 1.165) is 5.69 Å². The van der Waals surface area contributed by atoms with Crippen molar-refractivity contribution in [2.24, 2.45) is 5.84 Å². The van der Waals surface area contributed by atoms with E-state index in [2.05, 4.69) is 5.43 Å². The molecule has 0 saturated heterocycles. The predicted octanol–water partition coefficient (Wildman–Crippen LogP) is 4.49. The van der Waals surface area contributed by atoms with Crippen LogP contribution in [-0.4, -0.2) is 0 Å². The van der Waals surface area contributed by atoms with Crippen LogP contribution in [0.3, 0.4) is 0 Å². The lowest BCUT2D eigenvalue weighted by molar-refractivity contribution is 0.483. The lowest BCUT2D eigenvalue weighted by Gasteiger charge is -2.08. The maximum atomic E-state index is 6.01. The van der Waals surface area contributed by atoms with Crippen molar-refractivity contribution in [2.75, 3.05) is 5.43 Å². The molecule has 0 radical (unpaired) electrons. The van der Waals surface area contributed by atoms with Crippen molar-refractivity contribution in [3.8, 4) is 11.5 Å². The fourth-order valence-corrected chi connectivity index (χ4v) is 1.64. The van der Waals surface area contributed by atoms with Crippen molar-refractivity contribution in [3.05, 3.63) is 52.5 Å². The molecule has 18 heavy (non-hydrogen) atoms. The van der Waals surface area contributed by atoms with Gasteiger partial charge in [-0.1, -0.05) is 29.3 Å². The van der Waals surface area contributed by atoms with Crippen molar-refractivity contribution < 1.29 is 4.74 Å². The maximum Gasteiger partial charge on any atom is 0.147 e. The fraction of sp³-hybridized carbons (Fsp3) is 0. The Balaban J connectivity index is 0.00000162. The molecule has 0 aliphatic rings. The number of hydrogen-bond donors (Lipinski definition) is 2. The van der Waals surface area contributed by atoms with E-state index < -0.39 is 0 Å². The average molecular weight is 306 g/mol. The van der Waals surface area contributed by atoms with Gasteiger partial charge in [-0.25, -0.2) is 0 Å². The van der Waals surface area contributed by atoms with Gasteiger partial charge in [0.25, 0.3) is 0 Å². The highest BCUT2D eigenvalue weighted by Gasteiger charge is 2.06. The van der Waals surface area contributed by atoms with Gasteiger partial charge < -0.3 is 10.2 Å². The van der Waals surface area contributed by atoms with Crippen LogP contribution in [0.2, 0.25) is 10.0 Å². The summed E-state index contributed by atoms with van der Waals surface area (Å²) in [6, 6.07) is 12.4. The predicted molar refractivity (Wildman–Crippen MR) is 78.0 cm³/mol. The molecular weight excluding hydrogens is 295 g/mol. The van der Waals surface area contributed by atoms with Crippen LogP contribution in [0.25, 0.3) is 0 Å². The number of halogens is 3. The first-order valence-corrected chi connectivity index (χ1v) is 5.65. The standard InChI is InChI=1S/C12H10Cl2N2O.ClH/c13-10-2-1-3-11(12(10)14)17-9-6-4-8(16-15)5-7-9;/h1-7,16H,15H2;1H. The van der Waals surface area contributed by atoms with Gasteiger partial charge in [-0.05, 0) is 36.4 Å². The molecule has 0 aromatic heterocycles. The van der Waals surface area contributed by atoms with Crippen molar-refractivity contribution in [3.63, 3.8) is 0 Å². The van der Waals surface area contributed by atoms with E-state index in [-0.39, 0.29) is 12.4 Å². The molecule has 6 heteroatoms. The van der Waals surface area contributed by atoms with Gasteiger partial charge in [-0.2, -0.15) is 0 Å². The first-order chi connectivity index (χ1) is 8.20. The summed E-state index contributed by atoms with van der Waals surface area (Å²) >= 11 is 11.9. The maximum absolute atomic E-state index is 6.01. The Morgan fingerprint density at radius 3 is 2.28 bits per heavy atom. The van der Waals surface area contributed by atoms with Crippen molar-refractivity contribution in [2.45, 2.75) is 0 Å². The van der Waals surface area contributed by atoms with Gasteiger partial charge in [0.2, 0.25) is 0 Å². The second kappa shape index (κ2) is 6.71. The molecule has 3 nitrogen and oxygen atoms in total. The summed E-state index contributed by atoms with van der Waals surface area (Å²) in [6.07, 6.45) is 0. The molecule has 0 unspecified atom stereocenters. The molecule has 2 aromatic carbocycles. The van der Waals surface area contributed by atoms with E-state index in [1.807, 2.05) is 0 Å². The highest BCUT2D eigenvalue weighted by atomic mass is 35.5. The van der Waals surface area contributed by atoms with Gasteiger partial charge in [0.15, 0.2) is 0 Å². The van der Waals surface area contributed by atoms with Crippen LogP contribution in [0.1, 0.15) is 0 Å². The number of ether oxygens (including phenoxy) is 1. The molecule has 0 saturated carbocycles. The highest BCUT2D eigenvalue weighted by molar-refractivity contribution is 6.42. The number of nitrogens with two attached hydrogens (primary N) is 1. The Labute approximate surface area is 121 Å². The molecule has 2 rings (SSSR count). The van der Waals surface area contributed by atoms with Gasteiger partial charge in [0.1, 0.15) is 16.5 Å². The number of nitrogen functional groups attached to an aromatic ring is 1. The normalized spacial score (nSPS) is 9.50. The third-order valence-corrected chi connectivity index (χ3v) is 2.97. The third-order valence-electron chi connectivity index (χ3n) is 2.16. The van der Waals surface area contributed by atoms with Crippen LogP contribution in [0.15, 0.2) is 42.5 Å². The SMILES string of the molecule is Cl.NNc1ccc(Oc2cccc(Cl)c2Cl)cc1. The Morgan fingerprint density at radius 2 is 1.67 bits per heavy atom. The van der Waals surface area contributed by atoms with Crippen LogP contribution in [0.4, 0.5) is 5.69 Å². The van der Waals surface area contributed by atoms with E-state index >= 15 is 0 Å². The third kappa shape index (κ3) is 3.43. The number of benzene rings is 2. The molecule has 96 valence electrons. The molecule has 0 spiro atoms. The summed E-state index contributed by atoms with van der Waals surface area (Å²) in [6.45, 7) is 0. The zero-order chi connectivity index (χ0) is 12.3. The van der Waals surface area contributed by atoms with Crippen molar-refractivity contribution in [1.82, 2.24) is 0 Å². The number of nitrogens with one attached hydrogen (secondary N) is 1.